The number of para-hydroxylation sites is 1. The van der Waals surface area contributed by atoms with Crippen LogP contribution in [0, 0.1) is 0 Å². The molecule has 0 heterocycles. The molecule has 0 radical (unpaired) electrons. The molecule has 0 aromatic heterocycles. The van der Waals surface area contributed by atoms with Gasteiger partial charge in [-0.2, -0.15) is 26.3 Å². The second-order valence-electron chi connectivity index (χ2n) is 4.26. The molecule has 1 aromatic rings. The molecule has 0 aliphatic rings. The van der Waals surface area contributed by atoms with Crippen molar-refractivity contribution in [1.29, 1.82) is 0 Å². The van der Waals surface area contributed by atoms with Crippen LogP contribution in [0.3, 0.4) is 0 Å². The Morgan fingerprint density at radius 2 is 1.48 bits per heavy atom. The zero-order chi connectivity index (χ0) is 16.5. The summed E-state index contributed by atoms with van der Waals surface area (Å²) in [5, 5.41) is 9.57. The van der Waals surface area contributed by atoms with Crippen molar-refractivity contribution >= 4 is 0 Å². The maximum Gasteiger partial charge on any atom is 0.431 e. The molecule has 0 aliphatic heterocycles. The summed E-state index contributed by atoms with van der Waals surface area (Å²) in [5.41, 5.74) is -5.88. The van der Waals surface area contributed by atoms with Crippen molar-refractivity contribution in [2.24, 2.45) is 0 Å². The summed E-state index contributed by atoms with van der Waals surface area (Å²) in [5.74, 6) is -0.142. The Kier molecular flexibility index (Phi) is 4.76. The van der Waals surface area contributed by atoms with Gasteiger partial charge < -0.3 is 9.84 Å². The highest BCUT2D eigenvalue weighted by Crippen LogP contribution is 2.51. The Balaban J connectivity index is 3.16. The van der Waals surface area contributed by atoms with Crippen molar-refractivity contribution in [2.45, 2.75) is 30.5 Å². The molecule has 0 saturated carbocycles. The number of methoxy groups -OCH3 is 1. The van der Waals surface area contributed by atoms with Gasteiger partial charge in [0.2, 0.25) is 0 Å². The van der Waals surface area contributed by atoms with Crippen molar-refractivity contribution in [3.63, 3.8) is 0 Å². The normalized spacial score (nSPS) is 14.9. The fourth-order valence-corrected chi connectivity index (χ4v) is 1.71. The van der Waals surface area contributed by atoms with Crippen molar-refractivity contribution in [2.75, 3.05) is 7.11 Å². The van der Waals surface area contributed by atoms with E-state index in [1.54, 1.807) is 0 Å². The van der Waals surface area contributed by atoms with Crippen LogP contribution < -0.4 is 4.74 Å². The number of rotatable bonds is 4. The lowest BCUT2D eigenvalue weighted by molar-refractivity contribution is -0.347. The molecule has 1 aromatic carbocycles. The van der Waals surface area contributed by atoms with E-state index in [-0.39, 0.29) is 11.3 Å². The number of aliphatic hydroxyl groups is 1. The highest BCUT2D eigenvalue weighted by atomic mass is 19.4. The molecule has 2 nitrogen and oxygen atoms in total. The summed E-state index contributed by atoms with van der Waals surface area (Å²) in [6.07, 6.45) is -16.9. The lowest BCUT2D eigenvalue weighted by Gasteiger charge is -2.31. The quantitative estimate of drug-likeness (QED) is 0.851. The summed E-state index contributed by atoms with van der Waals surface area (Å²) in [6, 6.07) is 4.93. The minimum Gasteiger partial charge on any atom is -0.496 e. The first kappa shape index (κ1) is 17.5. The summed E-state index contributed by atoms with van der Waals surface area (Å²) in [7, 11) is 1.11. The fraction of sp³-hybridized carbons (Fsp3) is 0.500. The number of benzene rings is 1. The van der Waals surface area contributed by atoms with Crippen molar-refractivity contribution in [3.05, 3.63) is 29.8 Å². The molecule has 0 saturated heterocycles. The number of hydrogen-bond donors (Lipinski definition) is 1. The van der Waals surface area contributed by atoms with Gasteiger partial charge in [0.1, 0.15) is 5.75 Å². The molecule has 1 N–H and O–H groups in total. The summed E-state index contributed by atoms with van der Waals surface area (Å²) < 4.78 is 92.8. The minimum absolute atomic E-state index is 0.142. The average molecular weight is 320 g/mol. The Morgan fingerprint density at radius 1 is 1.00 bits per heavy atom. The smallest absolute Gasteiger partial charge is 0.431 e. The molecule has 0 fully saturated rings. The van der Waals surface area contributed by atoms with E-state index in [4.69, 9.17) is 4.74 Å². The highest BCUT2D eigenvalue weighted by molar-refractivity contribution is 5.35. The van der Waals surface area contributed by atoms with Crippen molar-refractivity contribution in [3.8, 4) is 5.75 Å². The van der Waals surface area contributed by atoms with Gasteiger partial charge in [-0.1, -0.05) is 18.2 Å². The molecular weight excluding hydrogens is 309 g/mol. The van der Waals surface area contributed by atoms with Gasteiger partial charge in [-0.15, -0.1) is 0 Å². The Bertz CT molecular complexity index is 467. The van der Waals surface area contributed by atoms with Gasteiger partial charge in [0.05, 0.1) is 13.2 Å². The molecule has 0 spiro atoms. The van der Waals surface area contributed by atoms with Crippen LogP contribution in [0.1, 0.15) is 18.1 Å². The largest absolute Gasteiger partial charge is 0.496 e. The minimum atomic E-state index is -6.20. The second-order valence-corrected chi connectivity index (χ2v) is 4.26. The van der Waals surface area contributed by atoms with Gasteiger partial charge >= 0.3 is 18.0 Å². The monoisotopic (exact) mass is 320 g/mol. The SMILES string of the molecule is COc1ccccc1C(O)CC(F)(C(F)(F)F)C(F)(F)F. The zero-order valence-electron chi connectivity index (χ0n) is 10.6. The van der Waals surface area contributed by atoms with Crippen LogP contribution in [0.2, 0.25) is 0 Å². The van der Waals surface area contributed by atoms with E-state index >= 15 is 0 Å². The predicted molar refractivity (Wildman–Crippen MR) is 58.5 cm³/mol. The number of hydrogen-bond acceptors (Lipinski definition) is 2. The maximum absolute atomic E-state index is 13.5. The van der Waals surface area contributed by atoms with Gasteiger partial charge in [0, 0.05) is 12.0 Å². The topological polar surface area (TPSA) is 29.5 Å². The van der Waals surface area contributed by atoms with Crippen LogP contribution in [0.5, 0.6) is 5.75 Å². The van der Waals surface area contributed by atoms with Crippen LogP contribution in [0.25, 0.3) is 0 Å². The Morgan fingerprint density at radius 3 is 1.90 bits per heavy atom. The van der Waals surface area contributed by atoms with Crippen LogP contribution in [-0.2, 0) is 0 Å². The molecule has 0 aliphatic carbocycles. The lowest BCUT2D eigenvalue weighted by atomic mass is 9.92. The third-order valence-corrected chi connectivity index (χ3v) is 2.87. The highest BCUT2D eigenvalue weighted by Gasteiger charge is 2.72. The van der Waals surface area contributed by atoms with Gasteiger partial charge in [-0.05, 0) is 6.07 Å². The van der Waals surface area contributed by atoms with Gasteiger partial charge in [0.15, 0.2) is 0 Å². The van der Waals surface area contributed by atoms with Gasteiger partial charge in [-0.3, -0.25) is 0 Å². The zero-order valence-corrected chi connectivity index (χ0v) is 10.6. The number of aliphatic hydroxyl groups excluding tert-OH is 1. The van der Waals surface area contributed by atoms with Crippen LogP contribution in [0.4, 0.5) is 30.7 Å². The van der Waals surface area contributed by atoms with E-state index in [9.17, 15) is 35.8 Å². The van der Waals surface area contributed by atoms with Crippen LogP contribution in [-0.4, -0.2) is 30.2 Å². The van der Waals surface area contributed by atoms with Gasteiger partial charge in [0.25, 0.3) is 0 Å². The average Bonchev–Trinajstić information content (AvgIpc) is 2.35. The van der Waals surface area contributed by atoms with E-state index in [2.05, 4.69) is 0 Å². The van der Waals surface area contributed by atoms with Crippen LogP contribution >= 0.6 is 0 Å². The number of halogens is 7. The third kappa shape index (κ3) is 3.39. The molecule has 120 valence electrons. The van der Waals surface area contributed by atoms with E-state index in [0.29, 0.717) is 0 Å². The molecule has 1 rings (SSSR count). The number of ether oxygens (including phenoxy) is 1. The summed E-state index contributed by atoms with van der Waals surface area (Å²) >= 11 is 0. The van der Waals surface area contributed by atoms with Crippen molar-refractivity contribution in [1.82, 2.24) is 0 Å². The Labute approximate surface area is 115 Å². The predicted octanol–water partition coefficient (Wildman–Crippen LogP) is 3.95. The van der Waals surface area contributed by atoms with Crippen LogP contribution in [0.15, 0.2) is 24.3 Å². The molecule has 21 heavy (non-hydrogen) atoms. The molecule has 0 amide bonds. The molecule has 1 unspecified atom stereocenters. The molecule has 9 heteroatoms. The Hall–Kier alpha value is -1.51. The van der Waals surface area contributed by atoms with E-state index in [1.165, 1.54) is 18.2 Å². The second kappa shape index (κ2) is 5.70. The lowest BCUT2D eigenvalue weighted by Crippen LogP contribution is -2.54. The first-order valence-electron chi connectivity index (χ1n) is 5.57. The molecule has 1 atom stereocenters. The maximum atomic E-state index is 13.5. The first-order chi connectivity index (χ1) is 9.44. The molecule has 0 bridgehead atoms. The summed E-state index contributed by atoms with van der Waals surface area (Å²) in [4.78, 5) is 0. The fourth-order valence-electron chi connectivity index (χ4n) is 1.71. The number of alkyl halides is 7. The first-order valence-corrected chi connectivity index (χ1v) is 5.57. The summed E-state index contributed by atoms with van der Waals surface area (Å²) in [6.45, 7) is 0. The van der Waals surface area contributed by atoms with E-state index in [1.807, 2.05) is 0 Å². The standard InChI is InChI=1S/C12H11F7O2/c1-21-9-5-3-2-4-7(9)8(20)6-10(13,11(14,15)16)12(17,18)19/h2-5,8,20H,6H2,1H3. The van der Waals surface area contributed by atoms with Crippen molar-refractivity contribution < 1.29 is 40.6 Å². The molecular formula is C12H11F7O2. The van der Waals surface area contributed by atoms with Gasteiger partial charge in [-0.25, -0.2) is 4.39 Å². The third-order valence-electron chi connectivity index (χ3n) is 2.87. The van der Waals surface area contributed by atoms with E-state index < -0.39 is 30.5 Å². The van der Waals surface area contributed by atoms with E-state index in [0.717, 1.165) is 13.2 Å².